The Kier molecular flexibility index (Phi) is 4.79. The number of aryl methyl sites for hydroxylation is 1. The lowest BCUT2D eigenvalue weighted by molar-refractivity contribution is 0.192. The Bertz CT molecular complexity index is 815. The Hall–Kier alpha value is -3.10. The van der Waals surface area contributed by atoms with Gasteiger partial charge in [0.1, 0.15) is 0 Å². The molecule has 2 N–H and O–H groups in total. The number of amides is 2. The molecule has 2 aromatic rings. The van der Waals surface area contributed by atoms with Crippen LogP contribution in [0.15, 0.2) is 16.9 Å². The van der Waals surface area contributed by atoms with E-state index in [-0.39, 0.29) is 16.9 Å². The number of carbonyl (C=O) groups is 2. The van der Waals surface area contributed by atoms with Crippen LogP contribution in [0.1, 0.15) is 6.92 Å². The van der Waals surface area contributed by atoms with Crippen molar-refractivity contribution in [3.8, 4) is 11.5 Å². The van der Waals surface area contributed by atoms with Crippen LogP contribution in [0.4, 0.5) is 9.59 Å². The molecule has 0 fully saturated rings. The number of hydrogen-bond donors (Lipinski definition) is 2. The molecule has 0 saturated carbocycles. The first-order valence-electron chi connectivity index (χ1n) is 6.75. The minimum absolute atomic E-state index is 0.0185. The van der Waals surface area contributed by atoms with Crippen LogP contribution in [0.3, 0.4) is 0 Å². The molecule has 121 valence electrons. The summed E-state index contributed by atoms with van der Waals surface area (Å²) >= 11 is 0. The van der Waals surface area contributed by atoms with Crippen molar-refractivity contribution in [2.75, 3.05) is 14.1 Å². The molecule has 0 aliphatic rings. The molecule has 0 unspecified atom stereocenters. The highest BCUT2D eigenvalue weighted by molar-refractivity contribution is 5.85. The van der Waals surface area contributed by atoms with Crippen molar-refractivity contribution in [3.05, 3.63) is 28.6 Å². The lowest BCUT2D eigenvalue weighted by Gasteiger charge is -2.13. The number of hydrogen-bond acceptors (Lipinski definition) is 6. The van der Waals surface area contributed by atoms with Crippen molar-refractivity contribution in [1.82, 2.24) is 20.4 Å². The van der Waals surface area contributed by atoms with E-state index in [9.17, 15) is 14.4 Å². The highest BCUT2D eigenvalue weighted by atomic mass is 16.6. The van der Waals surface area contributed by atoms with Gasteiger partial charge in [-0.1, -0.05) is 0 Å². The summed E-state index contributed by atoms with van der Waals surface area (Å²) in [6, 6.07) is 2.73. The molecule has 0 bridgehead atoms. The lowest BCUT2D eigenvalue weighted by Crippen LogP contribution is -2.25. The van der Waals surface area contributed by atoms with Crippen molar-refractivity contribution in [2.45, 2.75) is 13.5 Å². The second-order valence-electron chi connectivity index (χ2n) is 4.35. The summed E-state index contributed by atoms with van der Waals surface area (Å²) in [6.45, 7) is 2.31. The van der Waals surface area contributed by atoms with Gasteiger partial charge in [0.2, 0.25) is 5.43 Å². The number of nitrogens with one attached hydrogen (secondary N) is 2. The van der Waals surface area contributed by atoms with Crippen molar-refractivity contribution in [2.24, 2.45) is 0 Å². The minimum Gasteiger partial charge on any atom is -0.406 e. The smallest absolute Gasteiger partial charge is 0.406 e. The molecular weight excluding hydrogens is 304 g/mol. The van der Waals surface area contributed by atoms with Crippen LogP contribution < -0.4 is 25.5 Å². The number of fused-ring (bicyclic) bond motifs is 1. The van der Waals surface area contributed by atoms with Crippen LogP contribution in [0.5, 0.6) is 11.5 Å². The number of ether oxygens (including phenoxy) is 2. The van der Waals surface area contributed by atoms with Gasteiger partial charge in [0.05, 0.1) is 10.9 Å². The second kappa shape index (κ2) is 6.77. The Morgan fingerprint density at radius 3 is 2.26 bits per heavy atom. The van der Waals surface area contributed by atoms with Crippen LogP contribution in [0, 0.1) is 6.20 Å². The standard InChI is InChI=1S/C14H15N4O5/c1-4-18-9-6-12(23-14(21)16-3)11(22-13(20)15-2)5-8(9)10(19)7-17-18/h5-6H,4H2,1-3H3,(H,15,20)(H,16,21). The van der Waals surface area contributed by atoms with E-state index in [0.717, 1.165) is 0 Å². The van der Waals surface area contributed by atoms with Crippen LogP contribution in [-0.2, 0) is 6.54 Å². The van der Waals surface area contributed by atoms with Gasteiger partial charge in [0.15, 0.2) is 17.7 Å². The second-order valence-corrected chi connectivity index (χ2v) is 4.35. The number of aromatic nitrogens is 2. The zero-order valence-corrected chi connectivity index (χ0v) is 12.8. The summed E-state index contributed by atoms with van der Waals surface area (Å²) in [4.78, 5) is 34.8. The summed E-state index contributed by atoms with van der Waals surface area (Å²) in [6.07, 6.45) is 0.833. The van der Waals surface area contributed by atoms with Gasteiger partial charge in [-0.15, -0.1) is 0 Å². The maximum Gasteiger partial charge on any atom is 0.412 e. The fourth-order valence-corrected chi connectivity index (χ4v) is 1.87. The number of rotatable bonds is 3. The molecule has 9 heteroatoms. The van der Waals surface area contributed by atoms with Gasteiger partial charge < -0.3 is 20.1 Å². The summed E-state index contributed by atoms with van der Waals surface area (Å²) in [5.41, 5.74) is -0.0302. The predicted octanol–water partition coefficient (Wildman–Crippen LogP) is 0.653. The number of benzene rings is 1. The summed E-state index contributed by atoms with van der Waals surface area (Å²) in [5.74, 6) is -0.0881. The van der Waals surface area contributed by atoms with Gasteiger partial charge in [0, 0.05) is 26.7 Å². The summed E-state index contributed by atoms with van der Waals surface area (Å²) < 4.78 is 11.6. The zero-order valence-electron chi connectivity index (χ0n) is 12.8. The highest BCUT2D eigenvalue weighted by Gasteiger charge is 2.17. The first kappa shape index (κ1) is 16.3. The van der Waals surface area contributed by atoms with E-state index in [1.165, 1.54) is 30.9 Å². The molecule has 1 heterocycles. The normalized spacial score (nSPS) is 10.2. The van der Waals surface area contributed by atoms with Crippen LogP contribution in [0.2, 0.25) is 0 Å². The molecule has 9 nitrogen and oxygen atoms in total. The third kappa shape index (κ3) is 3.39. The monoisotopic (exact) mass is 319 g/mol. The molecule has 1 aromatic heterocycles. The topological polar surface area (TPSA) is 112 Å². The van der Waals surface area contributed by atoms with E-state index < -0.39 is 17.6 Å². The van der Waals surface area contributed by atoms with Gasteiger partial charge in [-0.3, -0.25) is 9.48 Å². The van der Waals surface area contributed by atoms with Gasteiger partial charge in [-0.05, 0) is 13.0 Å². The van der Waals surface area contributed by atoms with Gasteiger partial charge in [-0.2, -0.15) is 5.10 Å². The maximum atomic E-state index is 11.9. The molecule has 0 saturated heterocycles. The van der Waals surface area contributed by atoms with Gasteiger partial charge >= 0.3 is 12.2 Å². The lowest BCUT2D eigenvalue weighted by atomic mass is 10.2. The Labute approximate surface area is 131 Å². The Balaban J connectivity index is 2.67. The zero-order chi connectivity index (χ0) is 17.0. The molecule has 0 atom stereocenters. The third-order valence-corrected chi connectivity index (χ3v) is 2.97. The Morgan fingerprint density at radius 1 is 1.17 bits per heavy atom. The van der Waals surface area contributed by atoms with E-state index in [2.05, 4.69) is 21.9 Å². The largest absolute Gasteiger partial charge is 0.412 e. The molecule has 2 amide bonds. The SMILES string of the molecule is CCn1n[c]c(=O)c2cc(OC(=O)NC)c(OC(=O)NC)cc21. The quantitative estimate of drug-likeness (QED) is 0.859. The van der Waals surface area contributed by atoms with Crippen molar-refractivity contribution >= 4 is 23.1 Å². The first-order valence-corrected chi connectivity index (χ1v) is 6.75. The average Bonchev–Trinajstić information content (AvgIpc) is 2.56. The fraction of sp³-hybridized carbons (Fsp3) is 0.286. The molecule has 1 radical (unpaired) electrons. The molecular formula is C14H15N4O5. The predicted molar refractivity (Wildman–Crippen MR) is 80.7 cm³/mol. The van der Waals surface area contributed by atoms with E-state index >= 15 is 0 Å². The van der Waals surface area contributed by atoms with E-state index in [1.54, 1.807) is 0 Å². The summed E-state index contributed by atoms with van der Waals surface area (Å²) in [7, 11) is 2.77. The number of nitrogens with zero attached hydrogens (tertiary/aromatic N) is 2. The van der Waals surface area contributed by atoms with E-state index in [0.29, 0.717) is 12.1 Å². The van der Waals surface area contributed by atoms with Crippen LogP contribution in [-0.4, -0.2) is 36.1 Å². The van der Waals surface area contributed by atoms with Crippen molar-refractivity contribution in [1.29, 1.82) is 0 Å². The highest BCUT2D eigenvalue weighted by Crippen LogP contribution is 2.31. The molecule has 0 aliphatic carbocycles. The third-order valence-electron chi connectivity index (χ3n) is 2.97. The van der Waals surface area contributed by atoms with Gasteiger partial charge in [0.25, 0.3) is 0 Å². The molecule has 0 spiro atoms. The molecule has 0 aliphatic heterocycles. The minimum atomic E-state index is -0.764. The Morgan fingerprint density at radius 2 is 1.74 bits per heavy atom. The van der Waals surface area contributed by atoms with E-state index in [1.807, 2.05) is 6.92 Å². The molecule has 1 aromatic carbocycles. The van der Waals surface area contributed by atoms with Crippen LogP contribution in [0.25, 0.3) is 10.9 Å². The van der Waals surface area contributed by atoms with Crippen LogP contribution >= 0.6 is 0 Å². The average molecular weight is 319 g/mol. The van der Waals surface area contributed by atoms with Crippen molar-refractivity contribution < 1.29 is 19.1 Å². The summed E-state index contributed by atoms with van der Waals surface area (Å²) in [5, 5.41) is 8.68. The van der Waals surface area contributed by atoms with E-state index in [4.69, 9.17) is 9.47 Å². The fourth-order valence-electron chi connectivity index (χ4n) is 1.87. The first-order chi connectivity index (χ1) is 11.0. The molecule has 2 rings (SSSR count). The van der Waals surface area contributed by atoms with Gasteiger partial charge in [-0.25, -0.2) is 9.59 Å². The number of carbonyl (C=O) groups excluding carboxylic acids is 2. The molecule has 23 heavy (non-hydrogen) atoms. The van der Waals surface area contributed by atoms with Crippen molar-refractivity contribution in [3.63, 3.8) is 0 Å². The maximum absolute atomic E-state index is 11.9.